The van der Waals surface area contributed by atoms with Crippen molar-refractivity contribution >= 4 is 21.9 Å². The van der Waals surface area contributed by atoms with Crippen LogP contribution in [0.15, 0.2) is 67.0 Å². The second-order valence-electron chi connectivity index (χ2n) is 12.3. The zero-order valence-corrected chi connectivity index (χ0v) is 24.7. The highest BCUT2D eigenvalue weighted by Crippen LogP contribution is 2.47. The summed E-state index contributed by atoms with van der Waals surface area (Å²) >= 11 is 0. The summed E-state index contributed by atoms with van der Waals surface area (Å²) in [6.45, 7) is 6.13. The smallest absolute Gasteiger partial charge is 0.181 e. The number of aromatic nitrogens is 7. The van der Waals surface area contributed by atoms with Crippen molar-refractivity contribution < 1.29 is 9.84 Å². The predicted molar refractivity (Wildman–Crippen MR) is 166 cm³/mol. The number of benzene rings is 2. The topological polar surface area (TPSA) is 95.8 Å². The van der Waals surface area contributed by atoms with E-state index >= 15 is 0 Å². The highest BCUT2D eigenvalue weighted by Gasteiger charge is 2.33. The minimum Gasteiger partial charge on any atom is -0.386 e. The molecule has 1 saturated carbocycles. The van der Waals surface area contributed by atoms with Crippen LogP contribution >= 0.6 is 0 Å². The van der Waals surface area contributed by atoms with Crippen molar-refractivity contribution in [2.75, 3.05) is 13.2 Å². The van der Waals surface area contributed by atoms with Crippen molar-refractivity contribution in [3.63, 3.8) is 0 Å². The fourth-order valence-electron chi connectivity index (χ4n) is 6.30. The minimum absolute atomic E-state index is 0.207. The molecular weight excluding hydrogens is 538 g/mol. The molecule has 4 aromatic heterocycles. The molecule has 9 heteroatoms. The molecule has 1 aliphatic heterocycles. The number of aliphatic hydroxyl groups excluding tert-OH is 1. The fraction of sp³-hybridized carbons (Fsp3) is 0.353. The van der Waals surface area contributed by atoms with Gasteiger partial charge in [0, 0.05) is 53.0 Å². The molecule has 2 aliphatic rings. The zero-order valence-electron chi connectivity index (χ0n) is 24.7. The van der Waals surface area contributed by atoms with Gasteiger partial charge in [0.15, 0.2) is 5.65 Å². The lowest BCUT2D eigenvalue weighted by atomic mass is 10.0. The Balaban J connectivity index is 1.24. The Morgan fingerprint density at radius 2 is 1.77 bits per heavy atom. The molecule has 1 unspecified atom stereocenters. The fourth-order valence-corrected chi connectivity index (χ4v) is 6.30. The van der Waals surface area contributed by atoms with E-state index in [0.717, 1.165) is 68.7 Å². The first-order chi connectivity index (χ1) is 20.9. The monoisotopic (exact) mass is 573 g/mol. The van der Waals surface area contributed by atoms with Crippen LogP contribution in [0, 0.1) is 0 Å². The lowest BCUT2D eigenvalue weighted by Gasteiger charge is -2.25. The van der Waals surface area contributed by atoms with Crippen molar-refractivity contribution in [3.05, 3.63) is 83.9 Å². The number of fused-ring (bicyclic) bond motifs is 2. The van der Waals surface area contributed by atoms with E-state index < -0.39 is 6.10 Å². The van der Waals surface area contributed by atoms with Crippen LogP contribution in [0.5, 0.6) is 0 Å². The molecular formula is C34H35N7O2. The maximum Gasteiger partial charge on any atom is 0.181 e. The number of rotatable bonds is 8. The second kappa shape index (κ2) is 10.1. The van der Waals surface area contributed by atoms with Crippen molar-refractivity contribution in [1.82, 2.24) is 34.1 Å². The van der Waals surface area contributed by atoms with Crippen LogP contribution in [-0.2, 0) is 18.3 Å². The van der Waals surface area contributed by atoms with E-state index in [-0.39, 0.29) is 12.0 Å². The van der Waals surface area contributed by atoms with Gasteiger partial charge in [-0.05, 0) is 36.5 Å². The van der Waals surface area contributed by atoms with Crippen LogP contribution < -0.4 is 0 Å². The molecule has 218 valence electrons. The molecule has 1 aliphatic carbocycles. The standard InChI is InChI=1S/C34H35N7O2/c1-20(2)30-26(14-23-15-41(24-18-43-19-24)38-33(23)35-30)34-36-31(32(39(34)3)22-12-13-22)25-10-7-11-28-27(25)16-40(37-28)17-29(42)21-8-5-4-6-9-21/h4-11,14-16,20,22,24,29,42H,12-13,17-19H2,1-3H3. The molecule has 6 aromatic rings. The molecule has 5 heterocycles. The van der Waals surface area contributed by atoms with Gasteiger partial charge in [-0.25, -0.2) is 9.97 Å². The highest BCUT2D eigenvalue weighted by molar-refractivity contribution is 5.95. The molecule has 2 fully saturated rings. The van der Waals surface area contributed by atoms with Crippen LogP contribution in [0.3, 0.4) is 0 Å². The van der Waals surface area contributed by atoms with Gasteiger partial charge in [0.2, 0.25) is 0 Å². The average molecular weight is 574 g/mol. The van der Waals surface area contributed by atoms with Gasteiger partial charge in [0.1, 0.15) is 5.82 Å². The van der Waals surface area contributed by atoms with Crippen LogP contribution in [0.25, 0.3) is 44.6 Å². The van der Waals surface area contributed by atoms with Crippen LogP contribution in [0.2, 0.25) is 0 Å². The van der Waals surface area contributed by atoms with E-state index in [1.54, 1.807) is 0 Å². The van der Waals surface area contributed by atoms with E-state index in [4.69, 9.17) is 24.9 Å². The van der Waals surface area contributed by atoms with Crippen molar-refractivity contribution in [1.29, 1.82) is 0 Å². The summed E-state index contributed by atoms with van der Waals surface area (Å²) in [6.07, 6.45) is 5.83. The normalized spacial score (nSPS) is 16.4. The Bertz CT molecular complexity index is 1960. The van der Waals surface area contributed by atoms with Crippen LogP contribution in [-0.4, -0.2) is 52.4 Å². The van der Waals surface area contributed by atoms with E-state index in [9.17, 15) is 5.11 Å². The van der Waals surface area contributed by atoms with Gasteiger partial charge in [0.05, 0.1) is 48.8 Å². The van der Waals surface area contributed by atoms with Crippen LogP contribution in [0.1, 0.15) is 67.6 Å². The lowest BCUT2D eigenvalue weighted by molar-refractivity contribution is -0.0283. The molecule has 2 aromatic carbocycles. The Morgan fingerprint density at radius 1 is 0.953 bits per heavy atom. The first-order valence-electron chi connectivity index (χ1n) is 15.2. The zero-order chi connectivity index (χ0) is 29.2. The molecule has 1 saturated heterocycles. The number of ether oxygens (including phenoxy) is 1. The van der Waals surface area contributed by atoms with Gasteiger partial charge in [0.25, 0.3) is 0 Å². The molecule has 1 N–H and O–H groups in total. The minimum atomic E-state index is -0.638. The third-order valence-corrected chi connectivity index (χ3v) is 8.82. The van der Waals surface area contributed by atoms with E-state index in [0.29, 0.717) is 25.7 Å². The average Bonchev–Trinajstić information content (AvgIpc) is 3.44. The van der Waals surface area contributed by atoms with Gasteiger partial charge in [-0.1, -0.05) is 56.3 Å². The summed E-state index contributed by atoms with van der Waals surface area (Å²) in [5, 5.41) is 22.6. The van der Waals surface area contributed by atoms with E-state index in [1.807, 2.05) is 52.0 Å². The Morgan fingerprint density at radius 3 is 2.49 bits per heavy atom. The van der Waals surface area contributed by atoms with Crippen molar-refractivity contribution in [3.8, 4) is 22.6 Å². The molecule has 0 spiro atoms. The summed E-state index contributed by atoms with van der Waals surface area (Å²) in [5.41, 5.74) is 7.94. The number of aliphatic hydroxyl groups is 1. The van der Waals surface area contributed by atoms with Crippen LogP contribution in [0.4, 0.5) is 0 Å². The molecule has 9 nitrogen and oxygen atoms in total. The maximum absolute atomic E-state index is 10.9. The highest BCUT2D eigenvalue weighted by atomic mass is 16.5. The summed E-state index contributed by atoms with van der Waals surface area (Å²) in [4.78, 5) is 10.5. The SMILES string of the molecule is CC(C)c1nc2nn(C3COC3)cc2cc1-c1nc(-c2cccc3nn(CC(O)c4ccccc4)cc23)c(C2CC2)n1C. The Hall–Kier alpha value is -4.34. The van der Waals surface area contributed by atoms with Gasteiger partial charge >= 0.3 is 0 Å². The van der Waals surface area contributed by atoms with E-state index in [2.05, 4.69) is 49.9 Å². The first-order valence-corrected chi connectivity index (χ1v) is 15.2. The number of hydrogen-bond donors (Lipinski definition) is 1. The summed E-state index contributed by atoms with van der Waals surface area (Å²) in [5.74, 6) is 1.62. The van der Waals surface area contributed by atoms with E-state index in [1.165, 1.54) is 5.69 Å². The van der Waals surface area contributed by atoms with Gasteiger partial charge < -0.3 is 14.4 Å². The largest absolute Gasteiger partial charge is 0.386 e. The van der Waals surface area contributed by atoms with Gasteiger partial charge in [-0.15, -0.1) is 0 Å². The Kier molecular flexibility index (Phi) is 6.20. The molecule has 43 heavy (non-hydrogen) atoms. The lowest BCUT2D eigenvalue weighted by Crippen LogP contribution is -2.30. The Labute approximate surface area is 249 Å². The van der Waals surface area contributed by atoms with Gasteiger partial charge in [-0.3, -0.25) is 9.36 Å². The third kappa shape index (κ3) is 4.54. The summed E-state index contributed by atoms with van der Waals surface area (Å²) in [7, 11) is 2.14. The number of pyridine rings is 1. The summed E-state index contributed by atoms with van der Waals surface area (Å²) < 4.78 is 11.5. The quantitative estimate of drug-likeness (QED) is 0.235. The van der Waals surface area contributed by atoms with Gasteiger partial charge in [-0.2, -0.15) is 10.2 Å². The molecule has 0 bridgehead atoms. The molecule has 0 amide bonds. The first kappa shape index (κ1) is 26.3. The van der Waals surface area contributed by atoms with Crippen molar-refractivity contribution in [2.24, 2.45) is 7.05 Å². The second-order valence-corrected chi connectivity index (χ2v) is 12.3. The van der Waals surface area contributed by atoms with Crippen molar-refractivity contribution in [2.45, 2.75) is 57.2 Å². The third-order valence-electron chi connectivity index (χ3n) is 8.82. The maximum atomic E-state index is 10.9. The molecule has 0 radical (unpaired) electrons. The molecule has 1 atom stereocenters. The number of imidazole rings is 1. The molecule has 8 rings (SSSR count). The predicted octanol–water partition coefficient (Wildman–Crippen LogP) is 6.15. The summed E-state index contributed by atoms with van der Waals surface area (Å²) in [6, 6.07) is 18.5. The number of nitrogens with zero attached hydrogens (tertiary/aromatic N) is 7. The number of hydrogen-bond acceptors (Lipinski definition) is 6.